The first-order valence-corrected chi connectivity index (χ1v) is 9.40. The molecule has 1 aromatic heterocycles. The average molecular weight is 338 g/mol. The van der Waals surface area contributed by atoms with Crippen LogP contribution in [0.4, 0.5) is 0 Å². The van der Waals surface area contributed by atoms with Gasteiger partial charge in [0.2, 0.25) is 0 Å². The first kappa shape index (κ1) is 18.0. The summed E-state index contributed by atoms with van der Waals surface area (Å²) >= 11 is 0. The minimum absolute atomic E-state index is 0.752. The van der Waals surface area contributed by atoms with Crippen LogP contribution < -0.4 is 0 Å². The highest BCUT2D eigenvalue weighted by Crippen LogP contribution is 2.21. The highest BCUT2D eigenvalue weighted by molar-refractivity contribution is 5.14. The summed E-state index contributed by atoms with van der Waals surface area (Å²) in [6.07, 6.45) is 8.68. The summed E-state index contributed by atoms with van der Waals surface area (Å²) in [7, 11) is 4.11. The number of nitrogens with zero attached hydrogens (tertiary/aromatic N) is 4. The van der Waals surface area contributed by atoms with Gasteiger partial charge in [0.05, 0.1) is 17.6 Å². The second-order valence-corrected chi connectivity index (χ2v) is 7.46. The van der Waals surface area contributed by atoms with E-state index in [1.54, 1.807) is 0 Å². The van der Waals surface area contributed by atoms with E-state index in [1.807, 2.05) is 12.4 Å². The van der Waals surface area contributed by atoms with Crippen molar-refractivity contribution in [2.24, 2.45) is 5.92 Å². The molecule has 0 spiro atoms. The Morgan fingerprint density at radius 1 is 1.00 bits per heavy atom. The number of benzene rings is 1. The third-order valence-electron chi connectivity index (χ3n) is 5.00. The molecule has 134 valence electrons. The Balaban J connectivity index is 1.40. The molecule has 0 aliphatic carbocycles. The zero-order valence-corrected chi connectivity index (χ0v) is 15.6. The summed E-state index contributed by atoms with van der Waals surface area (Å²) in [5.74, 6) is 0.752. The Bertz CT molecular complexity index is 616. The molecule has 1 aliphatic rings. The van der Waals surface area contributed by atoms with Crippen molar-refractivity contribution < 1.29 is 0 Å². The van der Waals surface area contributed by atoms with Crippen molar-refractivity contribution in [1.29, 1.82) is 0 Å². The zero-order valence-electron chi connectivity index (χ0n) is 15.6. The van der Waals surface area contributed by atoms with Gasteiger partial charge in [0.15, 0.2) is 0 Å². The van der Waals surface area contributed by atoms with E-state index in [4.69, 9.17) is 0 Å². The highest BCUT2D eigenvalue weighted by atomic mass is 15.1. The second-order valence-electron chi connectivity index (χ2n) is 7.46. The van der Waals surface area contributed by atoms with Crippen LogP contribution in [0, 0.1) is 5.92 Å². The molecule has 3 rings (SSSR count). The molecule has 25 heavy (non-hydrogen) atoms. The molecule has 1 aliphatic heterocycles. The van der Waals surface area contributed by atoms with Crippen LogP contribution in [0.5, 0.6) is 0 Å². The number of rotatable bonds is 7. The molecular formula is C21H30N4. The van der Waals surface area contributed by atoms with Gasteiger partial charge in [0.25, 0.3) is 0 Å². The maximum atomic E-state index is 4.62. The fourth-order valence-corrected chi connectivity index (χ4v) is 3.53. The molecular weight excluding hydrogens is 308 g/mol. The Kier molecular flexibility index (Phi) is 6.54. The molecule has 2 aromatic rings. The minimum Gasteiger partial charge on any atom is -0.304 e. The molecule has 2 heterocycles. The lowest BCUT2D eigenvalue weighted by molar-refractivity contribution is 0.185. The Hall–Kier alpha value is -1.78. The summed E-state index contributed by atoms with van der Waals surface area (Å²) in [6, 6.07) is 10.8. The number of hydrogen-bond acceptors (Lipinski definition) is 4. The van der Waals surface area contributed by atoms with E-state index < -0.39 is 0 Å². The van der Waals surface area contributed by atoms with Crippen molar-refractivity contribution in [3.8, 4) is 0 Å². The van der Waals surface area contributed by atoms with Crippen LogP contribution in [-0.4, -0.2) is 53.5 Å². The van der Waals surface area contributed by atoms with E-state index in [9.17, 15) is 0 Å². The molecule has 0 bridgehead atoms. The quantitative estimate of drug-likeness (QED) is 0.777. The first-order valence-electron chi connectivity index (χ1n) is 9.40. The molecule has 0 saturated carbocycles. The van der Waals surface area contributed by atoms with E-state index in [0.29, 0.717) is 0 Å². The predicted molar refractivity (Wildman–Crippen MR) is 102 cm³/mol. The normalized spacial score (nSPS) is 16.4. The lowest BCUT2D eigenvalue weighted by atomic mass is 9.92. The van der Waals surface area contributed by atoms with Crippen LogP contribution in [0.15, 0.2) is 42.7 Å². The van der Waals surface area contributed by atoms with Crippen LogP contribution in [0.25, 0.3) is 0 Å². The number of likely N-dealkylation sites (tertiary alicyclic amines) is 1. The van der Waals surface area contributed by atoms with Crippen molar-refractivity contribution in [1.82, 2.24) is 19.8 Å². The molecule has 4 nitrogen and oxygen atoms in total. The number of hydrogen-bond donors (Lipinski definition) is 0. The zero-order chi connectivity index (χ0) is 17.5. The Labute approximate surface area is 151 Å². The Morgan fingerprint density at radius 2 is 1.68 bits per heavy atom. The van der Waals surface area contributed by atoms with E-state index in [2.05, 4.69) is 64.2 Å². The number of aromatic nitrogens is 2. The third-order valence-corrected chi connectivity index (χ3v) is 5.00. The van der Waals surface area contributed by atoms with Crippen molar-refractivity contribution in [2.75, 3.05) is 33.7 Å². The van der Waals surface area contributed by atoms with Crippen molar-refractivity contribution in [3.63, 3.8) is 0 Å². The van der Waals surface area contributed by atoms with Crippen LogP contribution in [0.1, 0.15) is 29.8 Å². The largest absolute Gasteiger partial charge is 0.304 e. The van der Waals surface area contributed by atoms with Gasteiger partial charge in [-0.2, -0.15) is 0 Å². The monoisotopic (exact) mass is 338 g/mol. The van der Waals surface area contributed by atoms with E-state index in [1.165, 1.54) is 38.0 Å². The SMILES string of the molecule is CN(C)Cc1cnc(CC2CCN(CCc3ccccc3)CC2)cn1. The van der Waals surface area contributed by atoms with Gasteiger partial charge in [-0.15, -0.1) is 0 Å². The Morgan fingerprint density at radius 3 is 2.32 bits per heavy atom. The maximum absolute atomic E-state index is 4.62. The number of piperidine rings is 1. The fraction of sp³-hybridized carbons (Fsp3) is 0.524. The first-order chi connectivity index (χ1) is 12.2. The molecule has 0 N–H and O–H groups in total. The topological polar surface area (TPSA) is 32.3 Å². The fourth-order valence-electron chi connectivity index (χ4n) is 3.53. The molecule has 0 radical (unpaired) electrons. The molecule has 0 unspecified atom stereocenters. The smallest absolute Gasteiger partial charge is 0.0726 e. The summed E-state index contributed by atoms with van der Waals surface area (Å²) in [5.41, 5.74) is 3.63. The summed E-state index contributed by atoms with van der Waals surface area (Å²) in [6.45, 7) is 4.45. The van der Waals surface area contributed by atoms with Gasteiger partial charge in [-0.05, 0) is 64.3 Å². The minimum atomic E-state index is 0.752. The third kappa shape index (κ3) is 5.91. The van der Waals surface area contributed by atoms with E-state index in [0.717, 1.165) is 36.7 Å². The van der Waals surface area contributed by atoms with Crippen LogP contribution in [0.3, 0.4) is 0 Å². The second kappa shape index (κ2) is 9.07. The van der Waals surface area contributed by atoms with Crippen molar-refractivity contribution in [3.05, 3.63) is 59.7 Å². The molecule has 1 fully saturated rings. The average Bonchev–Trinajstić information content (AvgIpc) is 2.63. The summed E-state index contributed by atoms with van der Waals surface area (Å²) in [4.78, 5) is 13.9. The van der Waals surface area contributed by atoms with E-state index >= 15 is 0 Å². The van der Waals surface area contributed by atoms with Crippen LogP contribution in [0.2, 0.25) is 0 Å². The molecule has 0 amide bonds. The van der Waals surface area contributed by atoms with Gasteiger partial charge in [-0.3, -0.25) is 9.97 Å². The van der Waals surface area contributed by atoms with Gasteiger partial charge >= 0.3 is 0 Å². The van der Waals surface area contributed by atoms with Crippen LogP contribution >= 0.6 is 0 Å². The summed E-state index contributed by atoms with van der Waals surface area (Å²) in [5, 5.41) is 0. The molecule has 0 atom stereocenters. The standard InChI is InChI=1S/C21H30N4/c1-24(2)17-21-16-22-20(15-23-21)14-19-9-12-25(13-10-19)11-8-18-6-4-3-5-7-18/h3-7,15-16,19H,8-14,17H2,1-2H3. The maximum Gasteiger partial charge on any atom is 0.0726 e. The summed E-state index contributed by atoms with van der Waals surface area (Å²) < 4.78 is 0. The van der Waals surface area contributed by atoms with E-state index in [-0.39, 0.29) is 0 Å². The van der Waals surface area contributed by atoms with Gasteiger partial charge in [-0.1, -0.05) is 30.3 Å². The lowest BCUT2D eigenvalue weighted by Gasteiger charge is -2.31. The molecule has 4 heteroatoms. The van der Waals surface area contributed by atoms with Crippen LogP contribution in [-0.2, 0) is 19.4 Å². The van der Waals surface area contributed by atoms with Crippen molar-refractivity contribution in [2.45, 2.75) is 32.2 Å². The lowest BCUT2D eigenvalue weighted by Crippen LogP contribution is -2.35. The molecule has 1 aromatic carbocycles. The van der Waals surface area contributed by atoms with Gasteiger partial charge in [0.1, 0.15) is 0 Å². The predicted octanol–water partition coefficient (Wildman–Crippen LogP) is 3.04. The van der Waals surface area contributed by atoms with Gasteiger partial charge in [0, 0.05) is 19.3 Å². The van der Waals surface area contributed by atoms with Gasteiger partial charge < -0.3 is 9.80 Å². The highest BCUT2D eigenvalue weighted by Gasteiger charge is 2.19. The van der Waals surface area contributed by atoms with Gasteiger partial charge in [-0.25, -0.2) is 0 Å². The van der Waals surface area contributed by atoms with Crippen molar-refractivity contribution >= 4 is 0 Å². The molecule has 1 saturated heterocycles.